The number of nitrogens with one attached hydrogen (secondary N) is 1. The van der Waals surface area contributed by atoms with Crippen molar-refractivity contribution in [3.63, 3.8) is 0 Å². The number of nitrogens with zero attached hydrogens (tertiary/aromatic N) is 2. The molecular weight excluding hydrogens is 306 g/mol. The van der Waals surface area contributed by atoms with Gasteiger partial charge in [-0.1, -0.05) is 6.92 Å². The van der Waals surface area contributed by atoms with Crippen LogP contribution in [0, 0.1) is 0 Å². The second-order valence-electron chi connectivity index (χ2n) is 6.72. The maximum absolute atomic E-state index is 12.9. The van der Waals surface area contributed by atoms with E-state index in [0.717, 1.165) is 32.5 Å². The first-order valence-corrected chi connectivity index (χ1v) is 8.98. The smallest absolute Gasteiger partial charge is 0.289 e. The molecule has 0 bridgehead atoms. The van der Waals surface area contributed by atoms with Gasteiger partial charge in [0, 0.05) is 25.6 Å². The Kier molecular flexibility index (Phi) is 5.23. The van der Waals surface area contributed by atoms with Crippen molar-refractivity contribution in [2.24, 2.45) is 0 Å². The topological polar surface area (TPSA) is 65.8 Å². The summed E-state index contributed by atoms with van der Waals surface area (Å²) in [6.07, 6.45) is 4.53. The summed E-state index contributed by atoms with van der Waals surface area (Å²) in [6.45, 7) is 6.97. The highest BCUT2D eigenvalue weighted by atomic mass is 16.4. The lowest BCUT2D eigenvalue weighted by Crippen LogP contribution is -2.48. The summed E-state index contributed by atoms with van der Waals surface area (Å²) in [5.74, 6) is 0.859. The van der Waals surface area contributed by atoms with Crippen molar-refractivity contribution in [3.8, 4) is 0 Å². The second kappa shape index (κ2) is 7.38. The Balaban J connectivity index is 1.68. The van der Waals surface area contributed by atoms with Gasteiger partial charge in [0.2, 0.25) is 5.91 Å². The molecule has 1 aromatic heterocycles. The van der Waals surface area contributed by atoms with Gasteiger partial charge in [0.15, 0.2) is 5.76 Å². The fourth-order valence-corrected chi connectivity index (χ4v) is 4.07. The van der Waals surface area contributed by atoms with E-state index in [1.54, 1.807) is 12.1 Å². The zero-order valence-corrected chi connectivity index (χ0v) is 14.6. The molecule has 24 heavy (non-hydrogen) atoms. The quantitative estimate of drug-likeness (QED) is 0.895. The summed E-state index contributed by atoms with van der Waals surface area (Å²) in [7, 11) is 0. The first-order valence-electron chi connectivity index (χ1n) is 8.98. The molecule has 3 rings (SSSR count). The maximum atomic E-state index is 12.9. The number of likely N-dealkylation sites (tertiary alicyclic amines) is 2. The van der Waals surface area contributed by atoms with Crippen molar-refractivity contribution < 1.29 is 14.0 Å². The van der Waals surface area contributed by atoms with Crippen LogP contribution in [0.4, 0.5) is 0 Å². The van der Waals surface area contributed by atoms with Crippen LogP contribution in [-0.4, -0.2) is 53.3 Å². The normalized spacial score (nSPS) is 24.5. The largest absolute Gasteiger partial charge is 0.454 e. The predicted octanol–water partition coefficient (Wildman–Crippen LogP) is 2.00. The highest BCUT2D eigenvalue weighted by Gasteiger charge is 2.40. The van der Waals surface area contributed by atoms with Gasteiger partial charge in [-0.05, 0) is 50.9 Å². The molecule has 2 unspecified atom stereocenters. The SMILES string of the molecule is CCN1CCCC1C1CCCN1C(=O)c1ccc(CNC(C)=O)o1. The molecule has 1 aromatic rings. The number of likely N-dealkylation sites (N-methyl/N-ethyl adjacent to an activating group) is 1. The van der Waals surface area contributed by atoms with Crippen molar-refractivity contribution in [2.75, 3.05) is 19.6 Å². The van der Waals surface area contributed by atoms with Crippen LogP contribution >= 0.6 is 0 Å². The van der Waals surface area contributed by atoms with E-state index in [1.165, 1.54) is 19.8 Å². The van der Waals surface area contributed by atoms with Crippen LogP contribution in [0.15, 0.2) is 16.5 Å². The number of carbonyl (C=O) groups excluding carboxylic acids is 2. The zero-order valence-electron chi connectivity index (χ0n) is 14.6. The number of carbonyl (C=O) groups is 2. The van der Waals surface area contributed by atoms with Crippen molar-refractivity contribution in [1.29, 1.82) is 0 Å². The fraction of sp³-hybridized carbons (Fsp3) is 0.667. The first kappa shape index (κ1) is 17.0. The highest BCUT2D eigenvalue weighted by molar-refractivity contribution is 5.92. The summed E-state index contributed by atoms with van der Waals surface area (Å²) >= 11 is 0. The Hall–Kier alpha value is -1.82. The van der Waals surface area contributed by atoms with Crippen LogP contribution in [0.2, 0.25) is 0 Å². The van der Waals surface area contributed by atoms with E-state index < -0.39 is 0 Å². The monoisotopic (exact) mass is 333 g/mol. The molecule has 6 heteroatoms. The molecule has 1 N–H and O–H groups in total. The lowest BCUT2D eigenvalue weighted by atomic mass is 10.0. The Morgan fingerprint density at radius 3 is 2.71 bits per heavy atom. The molecule has 2 fully saturated rings. The van der Waals surface area contributed by atoms with E-state index in [1.807, 2.05) is 4.90 Å². The summed E-state index contributed by atoms with van der Waals surface area (Å²) in [6, 6.07) is 4.27. The van der Waals surface area contributed by atoms with E-state index in [0.29, 0.717) is 30.1 Å². The van der Waals surface area contributed by atoms with Crippen LogP contribution in [-0.2, 0) is 11.3 Å². The molecule has 0 spiro atoms. The predicted molar refractivity (Wildman–Crippen MR) is 90.6 cm³/mol. The van der Waals surface area contributed by atoms with E-state index in [2.05, 4.69) is 17.1 Å². The highest BCUT2D eigenvalue weighted by Crippen LogP contribution is 2.31. The third kappa shape index (κ3) is 3.48. The van der Waals surface area contributed by atoms with Crippen molar-refractivity contribution in [1.82, 2.24) is 15.1 Å². The van der Waals surface area contributed by atoms with Crippen LogP contribution in [0.3, 0.4) is 0 Å². The summed E-state index contributed by atoms with van der Waals surface area (Å²) in [5, 5.41) is 2.69. The number of furan rings is 1. The van der Waals surface area contributed by atoms with Gasteiger partial charge in [-0.3, -0.25) is 14.5 Å². The van der Waals surface area contributed by atoms with Gasteiger partial charge in [0.25, 0.3) is 5.91 Å². The van der Waals surface area contributed by atoms with Gasteiger partial charge < -0.3 is 14.6 Å². The van der Waals surface area contributed by atoms with Gasteiger partial charge in [-0.2, -0.15) is 0 Å². The lowest BCUT2D eigenvalue weighted by Gasteiger charge is -2.34. The minimum Gasteiger partial charge on any atom is -0.454 e. The van der Waals surface area contributed by atoms with Crippen LogP contribution < -0.4 is 5.32 Å². The average molecular weight is 333 g/mol. The number of hydrogen-bond acceptors (Lipinski definition) is 4. The van der Waals surface area contributed by atoms with Crippen LogP contribution in [0.25, 0.3) is 0 Å². The zero-order chi connectivity index (χ0) is 17.1. The van der Waals surface area contributed by atoms with Gasteiger partial charge in [0.1, 0.15) is 5.76 Å². The molecular formula is C18H27N3O3. The Morgan fingerprint density at radius 1 is 1.21 bits per heavy atom. The minimum absolute atomic E-state index is 0.0190. The Labute approximate surface area is 143 Å². The third-order valence-electron chi connectivity index (χ3n) is 5.21. The van der Waals surface area contributed by atoms with E-state index in [4.69, 9.17) is 4.42 Å². The molecule has 2 amide bonds. The number of hydrogen-bond donors (Lipinski definition) is 1. The molecule has 2 aliphatic heterocycles. The van der Waals surface area contributed by atoms with E-state index in [-0.39, 0.29) is 11.8 Å². The lowest BCUT2D eigenvalue weighted by molar-refractivity contribution is -0.119. The Bertz CT molecular complexity index is 598. The standard InChI is InChI=1S/C18H27N3O3/c1-3-20-10-4-6-15(20)16-7-5-11-21(16)18(23)17-9-8-14(24-17)12-19-13(2)22/h8-9,15-16H,3-7,10-12H2,1-2H3,(H,19,22). The average Bonchev–Trinajstić information content (AvgIpc) is 3.30. The molecule has 0 saturated carbocycles. The molecule has 6 nitrogen and oxygen atoms in total. The summed E-state index contributed by atoms with van der Waals surface area (Å²) in [5.41, 5.74) is 0. The maximum Gasteiger partial charge on any atom is 0.289 e. The number of rotatable bonds is 5. The van der Waals surface area contributed by atoms with E-state index in [9.17, 15) is 9.59 Å². The van der Waals surface area contributed by atoms with Gasteiger partial charge >= 0.3 is 0 Å². The van der Waals surface area contributed by atoms with Crippen LogP contribution in [0.1, 0.15) is 55.8 Å². The van der Waals surface area contributed by atoms with Gasteiger partial charge in [-0.25, -0.2) is 0 Å². The third-order valence-corrected chi connectivity index (χ3v) is 5.21. The number of amides is 2. The molecule has 3 heterocycles. The molecule has 2 atom stereocenters. The molecule has 2 saturated heterocycles. The van der Waals surface area contributed by atoms with Crippen molar-refractivity contribution in [3.05, 3.63) is 23.7 Å². The Morgan fingerprint density at radius 2 is 1.96 bits per heavy atom. The van der Waals surface area contributed by atoms with Crippen LogP contribution in [0.5, 0.6) is 0 Å². The van der Waals surface area contributed by atoms with Gasteiger partial charge in [-0.15, -0.1) is 0 Å². The first-order chi connectivity index (χ1) is 11.6. The van der Waals surface area contributed by atoms with Crippen molar-refractivity contribution in [2.45, 2.75) is 58.2 Å². The molecule has 0 aromatic carbocycles. The molecule has 0 radical (unpaired) electrons. The second-order valence-corrected chi connectivity index (χ2v) is 6.72. The molecule has 132 valence electrons. The fourth-order valence-electron chi connectivity index (χ4n) is 4.07. The molecule has 0 aliphatic carbocycles. The summed E-state index contributed by atoms with van der Waals surface area (Å²) < 4.78 is 5.65. The van der Waals surface area contributed by atoms with Crippen molar-refractivity contribution >= 4 is 11.8 Å². The minimum atomic E-state index is -0.111. The molecule has 2 aliphatic rings. The van der Waals surface area contributed by atoms with Gasteiger partial charge in [0.05, 0.1) is 6.54 Å². The van der Waals surface area contributed by atoms with E-state index >= 15 is 0 Å². The summed E-state index contributed by atoms with van der Waals surface area (Å²) in [4.78, 5) is 28.4.